The number of carbonyl (C=O) groups is 1. The molecule has 3 rings (SSSR count). The number of hydrogen-bond donors (Lipinski definition) is 1. The molecule has 0 aromatic carbocycles. The Morgan fingerprint density at radius 1 is 1.52 bits per heavy atom. The first-order chi connectivity index (χ1) is 9.87. The molecule has 1 fully saturated rings. The van der Waals surface area contributed by atoms with Crippen molar-refractivity contribution in [3.05, 3.63) is 45.1 Å². The van der Waals surface area contributed by atoms with Crippen LogP contribution in [0, 0.1) is 0 Å². The third-order valence-corrected chi connectivity index (χ3v) is 3.81. The lowest BCUT2D eigenvalue weighted by Gasteiger charge is -2.30. The van der Waals surface area contributed by atoms with Crippen molar-refractivity contribution in [2.45, 2.75) is 31.2 Å². The molecule has 1 atom stereocenters. The lowest BCUT2D eigenvalue weighted by atomic mass is 9.94. The second-order valence-corrected chi connectivity index (χ2v) is 5.26. The van der Waals surface area contributed by atoms with E-state index in [-0.39, 0.29) is 17.3 Å². The van der Waals surface area contributed by atoms with Crippen LogP contribution in [-0.4, -0.2) is 22.8 Å². The zero-order chi connectivity index (χ0) is 15.4. The summed E-state index contributed by atoms with van der Waals surface area (Å²) < 4.78 is 34.7. The van der Waals surface area contributed by atoms with E-state index in [9.17, 15) is 18.4 Å². The van der Waals surface area contributed by atoms with Gasteiger partial charge in [-0.05, 0) is 12.8 Å². The Hall–Kier alpha value is -2.02. The minimum atomic E-state index is -2.56. The number of alkyl halides is 1. The fraction of sp³-hybridized carbons (Fsp3) is 0.429. The lowest BCUT2D eigenvalue weighted by Crippen LogP contribution is -2.36. The average Bonchev–Trinajstić information content (AvgIpc) is 3.23. The smallest absolute Gasteiger partial charge is 0.341 e. The maximum absolute atomic E-state index is 14.9. The summed E-state index contributed by atoms with van der Waals surface area (Å²) in [6.07, 6.45) is 2.90. The Bertz CT molecular complexity index is 720. The van der Waals surface area contributed by atoms with E-state index in [0.29, 0.717) is 6.08 Å². The van der Waals surface area contributed by atoms with Crippen molar-refractivity contribution in [1.82, 2.24) is 4.57 Å². The van der Waals surface area contributed by atoms with Gasteiger partial charge in [0.15, 0.2) is 5.43 Å². The first-order valence-corrected chi connectivity index (χ1v) is 6.50. The van der Waals surface area contributed by atoms with Crippen molar-refractivity contribution in [2.24, 2.45) is 0 Å². The summed E-state index contributed by atoms with van der Waals surface area (Å²) in [5, 5.41) is 9.10. The van der Waals surface area contributed by atoms with E-state index in [4.69, 9.17) is 9.84 Å². The summed E-state index contributed by atoms with van der Waals surface area (Å²) in [7, 11) is 1.08. The second-order valence-electron chi connectivity index (χ2n) is 5.26. The molecule has 2 aliphatic carbocycles. The maximum Gasteiger partial charge on any atom is 0.341 e. The van der Waals surface area contributed by atoms with E-state index in [1.807, 2.05) is 0 Å². The number of allylic oxidation sites excluding steroid dienone is 1. The third kappa shape index (κ3) is 2.08. The van der Waals surface area contributed by atoms with Crippen LogP contribution in [0.4, 0.5) is 8.78 Å². The molecule has 7 heteroatoms. The van der Waals surface area contributed by atoms with Crippen LogP contribution >= 0.6 is 0 Å². The number of methoxy groups -OCH3 is 1. The standard InChI is InChI=1S/C14H13F2NO4/c1-21-14(16)5-7(15)4-9-11(18)10(13(19)20)6-17(12(9)14)8-2-3-8/h5-6,8H,2-4H2,1H3,(H,19,20). The second kappa shape index (κ2) is 4.49. The molecule has 1 heterocycles. The van der Waals surface area contributed by atoms with E-state index < -0.39 is 35.1 Å². The van der Waals surface area contributed by atoms with Crippen LogP contribution in [0.5, 0.6) is 0 Å². The fourth-order valence-electron chi connectivity index (χ4n) is 2.67. The first kappa shape index (κ1) is 13.9. The molecule has 0 radical (unpaired) electrons. The van der Waals surface area contributed by atoms with Gasteiger partial charge in [-0.15, -0.1) is 0 Å². The van der Waals surface area contributed by atoms with Crippen LogP contribution in [0.2, 0.25) is 0 Å². The first-order valence-electron chi connectivity index (χ1n) is 6.50. The van der Waals surface area contributed by atoms with E-state index in [2.05, 4.69) is 0 Å². The van der Waals surface area contributed by atoms with Crippen molar-refractivity contribution in [2.75, 3.05) is 7.11 Å². The van der Waals surface area contributed by atoms with Crippen molar-refractivity contribution in [3.63, 3.8) is 0 Å². The number of rotatable bonds is 3. The molecule has 1 N–H and O–H groups in total. The molecule has 2 aliphatic rings. The number of halogens is 2. The predicted molar refractivity (Wildman–Crippen MR) is 68.6 cm³/mol. The van der Waals surface area contributed by atoms with Gasteiger partial charge in [-0.2, -0.15) is 0 Å². The van der Waals surface area contributed by atoms with Gasteiger partial charge in [0.25, 0.3) is 5.85 Å². The zero-order valence-corrected chi connectivity index (χ0v) is 11.2. The maximum atomic E-state index is 14.9. The van der Waals surface area contributed by atoms with Crippen LogP contribution in [0.1, 0.15) is 40.5 Å². The molecule has 0 bridgehead atoms. The summed E-state index contributed by atoms with van der Waals surface area (Å²) >= 11 is 0. The SMILES string of the molecule is COC1(F)C=C(F)Cc2c1n(C1CC1)cc(C(=O)O)c2=O. The molecule has 1 saturated carbocycles. The molecular weight excluding hydrogens is 284 g/mol. The summed E-state index contributed by atoms with van der Waals surface area (Å²) in [6, 6.07) is -0.0858. The minimum Gasteiger partial charge on any atom is -0.477 e. The van der Waals surface area contributed by atoms with Gasteiger partial charge in [-0.25, -0.2) is 13.6 Å². The summed E-state index contributed by atoms with van der Waals surface area (Å²) in [4.78, 5) is 23.4. The number of carboxylic acid groups (broad SMARTS) is 1. The molecule has 5 nitrogen and oxygen atoms in total. The Labute approximate surface area is 118 Å². The number of pyridine rings is 1. The fourth-order valence-corrected chi connectivity index (χ4v) is 2.67. The molecule has 0 aliphatic heterocycles. The molecule has 0 spiro atoms. The normalized spacial score (nSPS) is 24.4. The molecular formula is C14H13F2NO4. The largest absolute Gasteiger partial charge is 0.477 e. The minimum absolute atomic E-state index is 0.0858. The Balaban J connectivity index is 2.35. The molecule has 112 valence electrons. The number of aromatic nitrogens is 1. The molecule has 21 heavy (non-hydrogen) atoms. The Kier molecular flexibility index (Phi) is 2.98. The monoisotopic (exact) mass is 297 g/mol. The number of hydrogen-bond acceptors (Lipinski definition) is 3. The van der Waals surface area contributed by atoms with Crippen LogP contribution in [-0.2, 0) is 17.0 Å². The van der Waals surface area contributed by atoms with Gasteiger partial charge in [-0.1, -0.05) is 0 Å². The molecule has 1 aromatic rings. The van der Waals surface area contributed by atoms with Crippen LogP contribution < -0.4 is 5.43 Å². The number of aromatic carboxylic acids is 1. The molecule has 0 saturated heterocycles. The van der Waals surface area contributed by atoms with Gasteiger partial charge < -0.3 is 14.4 Å². The van der Waals surface area contributed by atoms with Gasteiger partial charge in [0, 0.05) is 37.4 Å². The van der Waals surface area contributed by atoms with Gasteiger partial charge in [0.05, 0.1) is 5.69 Å². The Morgan fingerprint density at radius 2 is 2.19 bits per heavy atom. The van der Waals surface area contributed by atoms with E-state index in [1.54, 1.807) is 0 Å². The van der Waals surface area contributed by atoms with Crippen LogP contribution in [0.15, 0.2) is 22.9 Å². The van der Waals surface area contributed by atoms with E-state index in [0.717, 1.165) is 26.1 Å². The topological polar surface area (TPSA) is 68.5 Å². The summed E-state index contributed by atoms with van der Waals surface area (Å²) in [5.74, 6) is -4.82. The highest BCUT2D eigenvalue weighted by atomic mass is 19.2. The van der Waals surface area contributed by atoms with Crippen LogP contribution in [0.3, 0.4) is 0 Å². The quantitative estimate of drug-likeness (QED) is 0.927. The predicted octanol–water partition coefficient (Wildman–Crippen LogP) is 2.06. The van der Waals surface area contributed by atoms with Gasteiger partial charge in [0.1, 0.15) is 11.4 Å². The Morgan fingerprint density at radius 3 is 2.71 bits per heavy atom. The number of ether oxygens (including phenoxy) is 1. The average molecular weight is 297 g/mol. The van der Waals surface area contributed by atoms with Crippen molar-refractivity contribution >= 4 is 5.97 Å². The highest BCUT2D eigenvalue weighted by Gasteiger charge is 2.43. The van der Waals surface area contributed by atoms with Gasteiger partial charge >= 0.3 is 5.97 Å². The molecule has 1 aromatic heterocycles. The van der Waals surface area contributed by atoms with Gasteiger partial charge in [0.2, 0.25) is 0 Å². The molecule has 0 amide bonds. The zero-order valence-electron chi connectivity index (χ0n) is 11.2. The van der Waals surface area contributed by atoms with Gasteiger partial charge in [-0.3, -0.25) is 4.79 Å². The summed E-state index contributed by atoms with van der Waals surface area (Å²) in [5.41, 5.74) is -1.62. The molecule has 1 unspecified atom stereocenters. The van der Waals surface area contributed by atoms with Crippen molar-refractivity contribution in [3.8, 4) is 0 Å². The number of nitrogens with zero attached hydrogens (tertiary/aromatic N) is 1. The summed E-state index contributed by atoms with van der Waals surface area (Å²) in [6.45, 7) is 0. The lowest BCUT2D eigenvalue weighted by molar-refractivity contribution is -0.0954. The van der Waals surface area contributed by atoms with E-state index >= 15 is 0 Å². The number of carboxylic acids is 1. The number of fused-ring (bicyclic) bond motifs is 1. The highest BCUT2D eigenvalue weighted by Crippen LogP contribution is 2.43. The highest BCUT2D eigenvalue weighted by molar-refractivity contribution is 5.87. The van der Waals surface area contributed by atoms with Crippen molar-refractivity contribution < 1.29 is 23.4 Å². The van der Waals surface area contributed by atoms with Crippen molar-refractivity contribution in [1.29, 1.82) is 0 Å². The van der Waals surface area contributed by atoms with E-state index in [1.165, 1.54) is 4.57 Å². The third-order valence-electron chi connectivity index (χ3n) is 3.81. The van der Waals surface area contributed by atoms with Crippen LogP contribution in [0.25, 0.3) is 0 Å².